The largest absolute Gasteiger partial charge is 0.451 e. The average molecular weight is 408 g/mol. The summed E-state index contributed by atoms with van der Waals surface area (Å²) in [5.74, 6) is -1.69. The van der Waals surface area contributed by atoms with Gasteiger partial charge in [-0.2, -0.15) is 5.10 Å². The summed E-state index contributed by atoms with van der Waals surface area (Å²) in [6.07, 6.45) is 0. The van der Waals surface area contributed by atoms with Gasteiger partial charge in [0.15, 0.2) is 12.3 Å². The Labute approximate surface area is 171 Å². The maximum atomic E-state index is 12.4. The number of fused-ring (bicyclic) bond motifs is 1. The lowest BCUT2D eigenvalue weighted by atomic mass is 10.1. The Morgan fingerprint density at radius 1 is 1.03 bits per heavy atom. The quantitative estimate of drug-likeness (QED) is 0.638. The molecule has 0 aliphatic rings. The van der Waals surface area contributed by atoms with Crippen molar-refractivity contribution in [2.75, 3.05) is 11.9 Å². The lowest BCUT2D eigenvalue weighted by molar-refractivity contribution is -0.123. The van der Waals surface area contributed by atoms with Crippen molar-refractivity contribution in [2.45, 2.75) is 13.8 Å². The molecule has 2 aromatic carbocycles. The number of benzene rings is 2. The van der Waals surface area contributed by atoms with Crippen LogP contribution < -0.4 is 16.2 Å². The molecule has 1 heterocycles. The van der Waals surface area contributed by atoms with Gasteiger partial charge in [0.2, 0.25) is 0 Å². The number of hydrogen-bond acceptors (Lipinski definition) is 6. The number of nitrogens with one attached hydrogen (secondary N) is 2. The van der Waals surface area contributed by atoms with Gasteiger partial charge < -0.3 is 10.1 Å². The molecule has 30 heavy (non-hydrogen) atoms. The number of aryl methyl sites for hydroxylation is 2. The number of urea groups is 1. The Morgan fingerprint density at radius 3 is 2.47 bits per heavy atom. The van der Waals surface area contributed by atoms with E-state index in [9.17, 15) is 19.2 Å². The van der Waals surface area contributed by atoms with Gasteiger partial charge in [0, 0.05) is 18.1 Å². The molecule has 154 valence electrons. The van der Waals surface area contributed by atoms with E-state index in [1.807, 2.05) is 19.9 Å². The first-order valence-corrected chi connectivity index (χ1v) is 9.08. The van der Waals surface area contributed by atoms with Crippen LogP contribution in [0.15, 0.2) is 47.3 Å². The zero-order valence-corrected chi connectivity index (χ0v) is 16.7. The van der Waals surface area contributed by atoms with Crippen molar-refractivity contribution in [3.05, 3.63) is 69.6 Å². The van der Waals surface area contributed by atoms with Crippen LogP contribution in [0.1, 0.15) is 21.6 Å². The third kappa shape index (κ3) is 4.35. The number of anilines is 1. The van der Waals surface area contributed by atoms with E-state index in [2.05, 4.69) is 15.7 Å². The fraction of sp³-hybridized carbons (Fsp3) is 0.190. The van der Waals surface area contributed by atoms with Crippen molar-refractivity contribution in [3.8, 4) is 0 Å². The molecule has 3 rings (SSSR count). The fourth-order valence-electron chi connectivity index (χ4n) is 2.85. The molecule has 3 aromatic rings. The van der Waals surface area contributed by atoms with Crippen molar-refractivity contribution in [2.24, 2.45) is 7.05 Å². The zero-order valence-electron chi connectivity index (χ0n) is 16.7. The maximum Gasteiger partial charge on any atom is 0.359 e. The summed E-state index contributed by atoms with van der Waals surface area (Å²) >= 11 is 0. The molecule has 0 unspecified atom stereocenters. The first-order valence-electron chi connectivity index (χ1n) is 9.08. The second kappa shape index (κ2) is 8.56. The topological polar surface area (TPSA) is 119 Å². The summed E-state index contributed by atoms with van der Waals surface area (Å²) in [6, 6.07) is 11.1. The third-order valence-electron chi connectivity index (χ3n) is 4.59. The number of rotatable bonds is 4. The summed E-state index contributed by atoms with van der Waals surface area (Å²) in [7, 11) is 1.41. The van der Waals surface area contributed by atoms with Crippen molar-refractivity contribution in [1.82, 2.24) is 15.1 Å². The van der Waals surface area contributed by atoms with Crippen LogP contribution in [0.25, 0.3) is 10.8 Å². The summed E-state index contributed by atoms with van der Waals surface area (Å²) in [5.41, 5.74) is 1.98. The van der Waals surface area contributed by atoms with Crippen molar-refractivity contribution < 1.29 is 19.1 Å². The highest BCUT2D eigenvalue weighted by Gasteiger charge is 2.19. The lowest BCUT2D eigenvalue weighted by Gasteiger charge is -2.11. The number of imide groups is 1. The lowest BCUT2D eigenvalue weighted by Crippen LogP contribution is -2.37. The summed E-state index contributed by atoms with van der Waals surface area (Å²) in [6.45, 7) is 3.07. The van der Waals surface area contributed by atoms with E-state index in [-0.39, 0.29) is 11.3 Å². The van der Waals surface area contributed by atoms with Gasteiger partial charge in [-0.3, -0.25) is 14.9 Å². The Bertz CT molecular complexity index is 1220. The smallest absolute Gasteiger partial charge is 0.359 e. The predicted molar refractivity (Wildman–Crippen MR) is 110 cm³/mol. The van der Waals surface area contributed by atoms with Crippen molar-refractivity contribution in [3.63, 3.8) is 0 Å². The Balaban J connectivity index is 1.64. The fourth-order valence-corrected chi connectivity index (χ4v) is 2.85. The Hall–Kier alpha value is -4.01. The van der Waals surface area contributed by atoms with E-state index in [1.165, 1.54) is 7.05 Å². The van der Waals surface area contributed by atoms with E-state index < -0.39 is 24.5 Å². The number of carbonyl (C=O) groups is 3. The molecule has 9 nitrogen and oxygen atoms in total. The first kappa shape index (κ1) is 20.7. The number of esters is 1. The normalized spacial score (nSPS) is 10.5. The zero-order chi connectivity index (χ0) is 21.8. The standard InChI is InChI=1S/C21H20N4O5/c1-12-7-6-10-16(13(12)2)22-21(29)23-17(26)11-30-20(28)18-14-8-4-5-9-15(14)19(27)25(3)24-18/h4-10H,11H2,1-3H3,(H2,22,23,26,29). The van der Waals surface area contributed by atoms with Crippen LogP contribution in [0, 0.1) is 13.8 Å². The van der Waals surface area contributed by atoms with Crippen molar-refractivity contribution >= 4 is 34.4 Å². The highest BCUT2D eigenvalue weighted by Crippen LogP contribution is 2.17. The molecule has 0 bridgehead atoms. The number of carbonyl (C=O) groups excluding carboxylic acids is 3. The molecule has 0 spiro atoms. The Morgan fingerprint density at radius 2 is 1.73 bits per heavy atom. The second-order valence-electron chi connectivity index (χ2n) is 6.65. The maximum absolute atomic E-state index is 12.4. The molecular weight excluding hydrogens is 388 g/mol. The number of hydrogen-bond donors (Lipinski definition) is 2. The molecule has 0 saturated heterocycles. The molecular formula is C21H20N4O5. The molecule has 9 heteroatoms. The number of amides is 3. The van der Waals surface area contributed by atoms with Gasteiger partial charge in [-0.05, 0) is 37.1 Å². The van der Waals surface area contributed by atoms with Gasteiger partial charge >= 0.3 is 12.0 Å². The minimum atomic E-state index is -0.883. The van der Waals surface area contributed by atoms with Gasteiger partial charge in [-0.25, -0.2) is 14.3 Å². The highest BCUT2D eigenvalue weighted by molar-refractivity contribution is 6.04. The second-order valence-corrected chi connectivity index (χ2v) is 6.65. The monoisotopic (exact) mass is 408 g/mol. The molecule has 0 aliphatic heterocycles. The molecule has 0 aliphatic carbocycles. The van der Waals surface area contributed by atoms with Gasteiger partial charge in [-0.1, -0.05) is 30.3 Å². The molecule has 1 aromatic heterocycles. The van der Waals surface area contributed by atoms with E-state index in [4.69, 9.17) is 4.74 Å². The molecule has 2 N–H and O–H groups in total. The van der Waals surface area contributed by atoms with E-state index in [0.717, 1.165) is 15.8 Å². The van der Waals surface area contributed by atoms with Crippen LogP contribution in [-0.2, 0) is 16.6 Å². The van der Waals surface area contributed by atoms with Gasteiger partial charge in [0.05, 0.1) is 5.39 Å². The number of aromatic nitrogens is 2. The molecule has 0 radical (unpaired) electrons. The van der Waals surface area contributed by atoms with Crippen molar-refractivity contribution in [1.29, 1.82) is 0 Å². The predicted octanol–water partition coefficient (Wildman–Crippen LogP) is 2.06. The summed E-state index contributed by atoms with van der Waals surface area (Å²) in [5, 5.41) is 9.23. The van der Waals surface area contributed by atoms with Gasteiger partial charge in [0.25, 0.3) is 11.5 Å². The van der Waals surface area contributed by atoms with Gasteiger partial charge in [0.1, 0.15) is 0 Å². The first-order chi connectivity index (χ1) is 14.3. The van der Waals surface area contributed by atoms with E-state index >= 15 is 0 Å². The third-order valence-corrected chi connectivity index (χ3v) is 4.59. The van der Waals surface area contributed by atoms with Crippen LogP contribution in [0.2, 0.25) is 0 Å². The van der Waals surface area contributed by atoms with Gasteiger partial charge in [-0.15, -0.1) is 0 Å². The van der Waals surface area contributed by atoms with E-state index in [1.54, 1.807) is 36.4 Å². The molecule has 0 atom stereocenters. The summed E-state index contributed by atoms with van der Waals surface area (Å²) < 4.78 is 6.00. The highest BCUT2D eigenvalue weighted by atomic mass is 16.5. The van der Waals surface area contributed by atoms with Crippen LogP contribution in [-0.4, -0.2) is 34.3 Å². The van der Waals surface area contributed by atoms with E-state index in [0.29, 0.717) is 16.5 Å². The Kier molecular flexibility index (Phi) is 5.91. The summed E-state index contributed by atoms with van der Waals surface area (Å²) in [4.78, 5) is 48.5. The van der Waals surface area contributed by atoms with Crippen LogP contribution in [0.5, 0.6) is 0 Å². The minimum absolute atomic E-state index is 0.0969. The van der Waals surface area contributed by atoms with Crippen LogP contribution in [0.4, 0.5) is 10.5 Å². The molecule has 0 saturated carbocycles. The SMILES string of the molecule is Cc1cccc(NC(=O)NC(=O)COC(=O)c2nn(C)c(=O)c3ccccc23)c1C. The number of ether oxygens (including phenoxy) is 1. The number of nitrogens with zero attached hydrogens (tertiary/aromatic N) is 2. The van der Waals surface area contributed by atoms with Crippen LogP contribution in [0.3, 0.4) is 0 Å². The molecule has 0 fully saturated rings. The van der Waals surface area contributed by atoms with Crippen LogP contribution >= 0.6 is 0 Å². The average Bonchev–Trinajstić information content (AvgIpc) is 2.72. The molecule has 3 amide bonds. The minimum Gasteiger partial charge on any atom is -0.451 e.